The van der Waals surface area contributed by atoms with Crippen molar-refractivity contribution < 1.29 is 19.1 Å². The first-order valence-electron chi connectivity index (χ1n) is 10.3. The van der Waals surface area contributed by atoms with E-state index in [1.54, 1.807) is 56.7 Å². The Bertz CT molecular complexity index is 1400. The summed E-state index contributed by atoms with van der Waals surface area (Å²) < 4.78 is 11.2. The van der Waals surface area contributed by atoms with Crippen LogP contribution >= 0.6 is 0 Å². The van der Waals surface area contributed by atoms with E-state index in [9.17, 15) is 9.59 Å². The highest BCUT2D eigenvalue weighted by Gasteiger charge is 2.36. The van der Waals surface area contributed by atoms with Gasteiger partial charge < -0.3 is 9.47 Å². The minimum atomic E-state index is -0.231. The number of Topliss-reactive ketones (excluding diaryl/α,β-unsaturated/α-hetero) is 2. The van der Waals surface area contributed by atoms with Gasteiger partial charge in [-0.25, -0.2) is 0 Å². The Hall–Kier alpha value is -4.18. The molecule has 0 saturated carbocycles. The quantitative estimate of drug-likeness (QED) is 0.416. The minimum absolute atomic E-state index is 0.195. The lowest BCUT2D eigenvalue weighted by Gasteiger charge is -2.24. The lowest BCUT2D eigenvalue weighted by atomic mass is 9.77. The molecule has 0 unspecified atom stereocenters. The van der Waals surface area contributed by atoms with E-state index in [0.29, 0.717) is 44.9 Å². The van der Waals surface area contributed by atoms with Gasteiger partial charge in [0.15, 0.2) is 11.6 Å². The molecule has 4 aromatic rings. The average Bonchev–Trinajstić information content (AvgIpc) is 2.85. The molecule has 0 atom stereocenters. The van der Waals surface area contributed by atoms with E-state index in [2.05, 4.69) is 0 Å². The number of fused-ring (bicyclic) bond motifs is 2. The number of carbonyl (C=O) groups excluding carboxylic acids is 2. The number of ether oxygens (including phenoxy) is 2. The van der Waals surface area contributed by atoms with Crippen molar-refractivity contribution >= 4 is 33.5 Å². The smallest absolute Gasteiger partial charge is 0.195 e. The van der Waals surface area contributed by atoms with Crippen LogP contribution in [0.2, 0.25) is 0 Å². The summed E-state index contributed by atoms with van der Waals surface area (Å²) in [6.45, 7) is 0. The molecule has 4 heteroatoms. The van der Waals surface area contributed by atoms with Crippen LogP contribution in [0.1, 0.15) is 31.8 Å². The molecule has 0 spiro atoms. The zero-order valence-corrected chi connectivity index (χ0v) is 17.7. The van der Waals surface area contributed by atoms with Gasteiger partial charge in [0, 0.05) is 22.3 Å². The number of carbonyl (C=O) groups is 2. The Morgan fingerprint density at radius 2 is 1.03 bits per heavy atom. The molecule has 0 amide bonds. The van der Waals surface area contributed by atoms with Crippen LogP contribution in [0, 0.1) is 0 Å². The van der Waals surface area contributed by atoms with Crippen LogP contribution < -0.4 is 9.47 Å². The highest BCUT2D eigenvalue weighted by molar-refractivity contribution is 6.53. The molecular formula is C28H20O4. The molecule has 1 aliphatic rings. The second kappa shape index (κ2) is 7.82. The Balaban J connectivity index is 1.95. The predicted octanol–water partition coefficient (Wildman–Crippen LogP) is 5.85. The van der Waals surface area contributed by atoms with Gasteiger partial charge in [-0.15, -0.1) is 0 Å². The zero-order chi connectivity index (χ0) is 22.2. The number of methoxy groups -OCH3 is 2. The predicted molar refractivity (Wildman–Crippen MR) is 125 cm³/mol. The summed E-state index contributed by atoms with van der Waals surface area (Å²) in [5.41, 5.74) is 2.61. The van der Waals surface area contributed by atoms with Crippen LogP contribution in [0.5, 0.6) is 11.5 Å². The highest BCUT2D eigenvalue weighted by atomic mass is 16.5. The lowest BCUT2D eigenvalue weighted by molar-refractivity contribution is 0.101. The molecule has 0 saturated heterocycles. The maximum absolute atomic E-state index is 13.9. The van der Waals surface area contributed by atoms with Crippen molar-refractivity contribution in [1.82, 2.24) is 0 Å². The minimum Gasteiger partial charge on any atom is -0.496 e. The lowest BCUT2D eigenvalue weighted by Crippen LogP contribution is -2.21. The molecule has 32 heavy (non-hydrogen) atoms. The van der Waals surface area contributed by atoms with E-state index in [1.807, 2.05) is 42.5 Å². The molecule has 0 aromatic heterocycles. The summed E-state index contributed by atoms with van der Waals surface area (Å²) in [6, 6.07) is 25.9. The Morgan fingerprint density at radius 3 is 1.69 bits per heavy atom. The van der Waals surface area contributed by atoms with Crippen molar-refractivity contribution in [1.29, 1.82) is 0 Å². The largest absolute Gasteiger partial charge is 0.496 e. The monoisotopic (exact) mass is 420 g/mol. The number of rotatable bonds is 4. The summed E-state index contributed by atoms with van der Waals surface area (Å²) in [6.07, 6.45) is 0. The molecule has 156 valence electrons. The van der Waals surface area contributed by atoms with E-state index in [4.69, 9.17) is 9.47 Å². The van der Waals surface area contributed by atoms with Crippen molar-refractivity contribution in [3.8, 4) is 11.5 Å². The summed E-state index contributed by atoms with van der Waals surface area (Å²) in [5, 5.41) is 1.89. The molecule has 4 aromatic carbocycles. The first-order chi connectivity index (χ1) is 15.7. The first-order valence-corrected chi connectivity index (χ1v) is 10.3. The molecule has 0 bridgehead atoms. The van der Waals surface area contributed by atoms with E-state index >= 15 is 0 Å². The molecule has 0 heterocycles. The van der Waals surface area contributed by atoms with E-state index in [0.717, 1.165) is 10.8 Å². The van der Waals surface area contributed by atoms with Gasteiger partial charge in [0.05, 0.1) is 19.8 Å². The summed E-state index contributed by atoms with van der Waals surface area (Å²) in [7, 11) is 3.08. The summed E-state index contributed by atoms with van der Waals surface area (Å²) >= 11 is 0. The number of hydrogen-bond acceptors (Lipinski definition) is 4. The van der Waals surface area contributed by atoms with Gasteiger partial charge in [0.1, 0.15) is 11.5 Å². The normalized spacial score (nSPS) is 13.3. The van der Waals surface area contributed by atoms with Gasteiger partial charge in [-0.1, -0.05) is 72.8 Å². The SMILES string of the molecule is COc1cccc(OC)c1C1=C(c2cccc3ccccc23)C(=O)c2ccccc2C1=O. The fourth-order valence-corrected chi connectivity index (χ4v) is 4.41. The van der Waals surface area contributed by atoms with Crippen LogP contribution in [0.3, 0.4) is 0 Å². The average molecular weight is 420 g/mol. The van der Waals surface area contributed by atoms with Crippen LogP contribution in [0.4, 0.5) is 0 Å². The fourth-order valence-electron chi connectivity index (χ4n) is 4.41. The molecule has 0 radical (unpaired) electrons. The number of hydrogen-bond donors (Lipinski definition) is 0. The molecule has 1 aliphatic carbocycles. The van der Waals surface area contributed by atoms with Crippen LogP contribution in [0.15, 0.2) is 84.9 Å². The summed E-state index contributed by atoms with van der Waals surface area (Å²) in [5.74, 6) is 0.515. The third-order valence-electron chi connectivity index (χ3n) is 5.86. The Kier molecular flexibility index (Phi) is 4.83. The maximum atomic E-state index is 13.9. The van der Waals surface area contributed by atoms with Crippen LogP contribution in [0.25, 0.3) is 21.9 Å². The van der Waals surface area contributed by atoms with Gasteiger partial charge >= 0.3 is 0 Å². The van der Waals surface area contributed by atoms with Crippen molar-refractivity contribution in [2.45, 2.75) is 0 Å². The second-order valence-corrected chi connectivity index (χ2v) is 7.52. The van der Waals surface area contributed by atoms with Gasteiger partial charge in [-0.2, -0.15) is 0 Å². The van der Waals surface area contributed by atoms with Crippen LogP contribution in [-0.2, 0) is 0 Å². The zero-order valence-electron chi connectivity index (χ0n) is 17.7. The molecular weight excluding hydrogens is 400 g/mol. The maximum Gasteiger partial charge on any atom is 0.195 e. The Morgan fingerprint density at radius 1 is 0.531 bits per heavy atom. The number of allylic oxidation sites excluding steroid dienone is 2. The van der Waals surface area contributed by atoms with Crippen molar-refractivity contribution in [3.63, 3.8) is 0 Å². The fraction of sp³-hybridized carbons (Fsp3) is 0.0714. The molecule has 0 fully saturated rings. The van der Waals surface area contributed by atoms with Crippen molar-refractivity contribution in [2.24, 2.45) is 0 Å². The van der Waals surface area contributed by atoms with E-state index in [1.165, 1.54) is 0 Å². The van der Waals surface area contributed by atoms with Crippen molar-refractivity contribution in [3.05, 3.63) is 107 Å². The number of ketones is 2. The molecule has 5 rings (SSSR count). The van der Waals surface area contributed by atoms with Crippen molar-refractivity contribution in [2.75, 3.05) is 14.2 Å². The van der Waals surface area contributed by atoms with Gasteiger partial charge in [0.25, 0.3) is 0 Å². The van der Waals surface area contributed by atoms with E-state index < -0.39 is 0 Å². The van der Waals surface area contributed by atoms with Gasteiger partial charge in [-0.05, 0) is 28.5 Å². The topological polar surface area (TPSA) is 52.6 Å². The summed E-state index contributed by atoms with van der Waals surface area (Å²) in [4.78, 5) is 27.8. The Labute approximate surface area is 185 Å². The van der Waals surface area contributed by atoms with Gasteiger partial charge in [-0.3, -0.25) is 9.59 Å². The van der Waals surface area contributed by atoms with Crippen LogP contribution in [-0.4, -0.2) is 25.8 Å². The van der Waals surface area contributed by atoms with Gasteiger partial charge in [0.2, 0.25) is 0 Å². The number of benzene rings is 4. The highest BCUT2D eigenvalue weighted by Crippen LogP contribution is 2.45. The molecule has 4 nitrogen and oxygen atoms in total. The second-order valence-electron chi connectivity index (χ2n) is 7.52. The standard InChI is InChI=1S/C28H20O4/c1-31-22-15-8-16-23(32-2)25(22)26-24(19-14-7-10-17-9-3-4-11-18(17)19)27(29)20-12-5-6-13-21(20)28(26)30/h3-16H,1-2H3. The first kappa shape index (κ1) is 19.8. The molecule has 0 N–H and O–H groups in total. The third kappa shape index (κ3) is 2.92. The third-order valence-corrected chi connectivity index (χ3v) is 5.86. The van der Waals surface area contributed by atoms with E-state index in [-0.39, 0.29) is 11.6 Å². The molecule has 0 aliphatic heterocycles.